The monoisotopic (exact) mass is 247 g/mol. The molecular formula is C8H10BrNO3. The molecular weight excluding hydrogens is 238 g/mol. The number of hydrogen-bond donors (Lipinski definition) is 1. The van der Waals surface area contributed by atoms with Crippen molar-refractivity contribution in [3.05, 3.63) is 22.6 Å². The molecule has 0 aliphatic heterocycles. The summed E-state index contributed by atoms with van der Waals surface area (Å²) in [5.74, 6) is -0.161. The van der Waals surface area contributed by atoms with Crippen molar-refractivity contribution in [2.24, 2.45) is 0 Å². The smallest absolute Gasteiger partial charge is 0.254 e. The minimum Gasteiger partial charge on any atom is -0.457 e. The van der Waals surface area contributed by atoms with Crippen LogP contribution < -0.4 is 5.32 Å². The summed E-state index contributed by atoms with van der Waals surface area (Å²) in [5.41, 5.74) is 0.503. The van der Waals surface area contributed by atoms with E-state index in [0.717, 1.165) is 0 Å². The fraction of sp³-hybridized carbons (Fsp3) is 0.375. The number of ether oxygens (including phenoxy) is 1. The van der Waals surface area contributed by atoms with Crippen LogP contribution in [0.4, 0.5) is 0 Å². The Morgan fingerprint density at radius 3 is 3.08 bits per heavy atom. The summed E-state index contributed by atoms with van der Waals surface area (Å²) in [6, 6.07) is 1.61. The molecule has 0 atom stereocenters. The van der Waals surface area contributed by atoms with Crippen molar-refractivity contribution in [1.29, 1.82) is 0 Å². The summed E-state index contributed by atoms with van der Waals surface area (Å²) in [4.78, 5) is 11.3. The molecule has 1 aromatic rings. The van der Waals surface area contributed by atoms with Crippen molar-refractivity contribution >= 4 is 21.8 Å². The highest BCUT2D eigenvalue weighted by atomic mass is 79.9. The molecule has 0 spiro atoms. The van der Waals surface area contributed by atoms with E-state index >= 15 is 0 Å². The summed E-state index contributed by atoms with van der Waals surface area (Å²) in [5, 5.41) is 2.67. The quantitative estimate of drug-likeness (QED) is 0.820. The van der Waals surface area contributed by atoms with Gasteiger partial charge in [0.2, 0.25) is 0 Å². The first-order valence-electron chi connectivity index (χ1n) is 3.75. The van der Waals surface area contributed by atoms with Crippen molar-refractivity contribution in [1.82, 2.24) is 5.32 Å². The number of rotatable bonds is 4. The summed E-state index contributed by atoms with van der Waals surface area (Å²) in [6.45, 7) is 1.00. The van der Waals surface area contributed by atoms with Crippen molar-refractivity contribution in [3.8, 4) is 0 Å². The molecule has 1 N–H and O–H groups in total. The number of furan rings is 1. The molecule has 0 aliphatic carbocycles. The molecule has 1 rings (SSSR count). The van der Waals surface area contributed by atoms with E-state index in [0.29, 0.717) is 23.4 Å². The first-order chi connectivity index (χ1) is 6.24. The molecule has 0 aromatic carbocycles. The molecule has 0 unspecified atom stereocenters. The minimum atomic E-state index is -0.161. The van der Waals surface area contributed by atoms with Crippen LogP contribution in [0.5, 0.6) is 0 Å². The van der Waals surface area contributed by atoms with Gasteiger partial charge in [-0.25, -0.2) is 0 Å². The van der Waals surface area contributed by atoms with Gasteiger partial charge in [-0.15, -0.1) is 0 Å². The highest BCUT2D eigenvalue weighted by Gasteiger charge is 2.07. The van der Waals surface area contributed by atoms with Gasteiger partial charge >= 0.3 is 0 Å². The summed E-state index contributed by atoms with van der Waals surface area (Å²) < 4.78 is 10.2. The van der Waals surface area contributed by atoms with E-state index in [4.69, 9.17) is 9.15 Å². The summed E-state index contributed by atoms with van der Waals surface area (Å²) >= 11 is 3.11. The van der Waals surface area contributed by atoms with Crippen LogP contribution in [-0.2, 0) is 4.74 Å². The fourth-order valence-electron chi connectivity index (χ4n) is 0.798. The van der Waals surface area contributed by atoms with Gasteiger partial charge in [-0.2, -0.15) is 0 Å². The SMILES string of the molecule is COCCNC(=O)c1coc(Br)c1. The number of carbonyl (C=O) groups excluding carboxylic acids is 1. The number of nitrogens with one attached hydrogen (secondary N) is 1. The maximum absolute atomic E-state index is 11.3. The van der Waals surface area contributed by atoms with E-state index in [-0.39, 0.29) is 5.91 Å². The third-order valence-corrected chi connectivity index (χ3v) is 1.84. The average Bonchev–Trinajstić information content (AvgIpc) is 2.52. The lowest BCUT2D eigenvalue weighted by molar-refractivity contribution is 0.0936. The van der Waals surface area contributed by atoms with Crippen LogP contribution in [0.1, 0.15) is 10.4 Å². The zero-order chi connectivity index (χ0) is 9.68. The molecule has 4 nitrogen and oxygen atoms in total. The standard InChI is InChI=1S/C8H10BrNO3/c1-12-3-2-10-8(11)6-4-7(9)13-5-6/h4-5H,2-3H2,1H3,(H,10,11). The van der Waals surface area contributed by atoms with Gasteiger partial charge in [0.25, 0.3) is 5.91 Å². The zero-order valence-corrected chi connectivity index (χ0v) is 8.76. The van der Waals surface area contributed by atoms with Gasteiger partial charge in [-0.1, -0.05) is 0 Å². The molecule has 0 saturated carbocycles. The van der Waals surface area contributed by atoms with Crippen LogP contribution in [0.3, 0.4) is 0 Å². The van der Waals surface area contributed by atoms with Crippen LogP contribution in [0.2, 0.25) is 0 Å². The molecule has 0 radical (unpaired) electrons. The second kappa shape index (κ2) is 5.04. The Hall–Kier alpha value is -0.810. The molecule has 13 heavy (non-hydrogen) atoms. The van der Waals surface area contributed by atoms with Crippen molar-refractivity contribution in [2.75, 3.05) is 20.3 Å². The number of hydrogen-bond acceptors (Lipinski definition) is 3. The van der Waals surface area contributed by atoms with Gasteiger partial charge in [0.15, 0.2) is 4.67 Å². The van der Waals surface area contributed by atoms with Crippen molar-refractivity contribution < 1.29 is 13.9 Å². The Labute approximate surface area is 84.4 Å². The number of amides is 1. The number of carbonyl (C=O) groups is 1. The van der Waals surface area contributed by atoms with Crippen LogP contribution in [0.25, 0.3) is 0 Å². The third-order valence-electron chi connectivity index (χ3n) is 1.42. The van der Waals surface area contributed by atoms with Gasteiger partial charge in [0.05, 0.1) is 12.2 Å². The van der Waals surface area contributed by atoms with Gasteiger partial charge in [0, 0.05) is 19.7 Å². The highest BCUT2D eigenvalue weighted by Crippen LogP contribution is 2.13. The Morgan fingerprint density at radius 2 is 2.54 bits per heavy atom. The van der Waals surface area contributed by atoms with Crippen molar-refractivity contribution in [2.45, 2.75) is 0 Å². The van der Waals surface area contributed by atoms with E-state index in [1.807, 2.05) is 0 Å². The van der Waals surface area contributed by atoms with Crippen LogP contribution in [0, 0.1) is 0 Å². The summed E-state index contributed by atoms with van der Waals surface area (Å²) in [7, 11) is 1.58. The number of halogens is 1. The van der Waals surface area contributed by atoms with Gasteiger partial charge < -0.3 is 14.5 Å². The van der Waals surface area contributed by atoms with Crippen molar-refractivity contribution in [3.63, 3.8) is 0 Å². The highest BCUT2D eigenvalue weighted by molar-refractivity contribution is 9.10. The molecule has 1 heterocycles. The normalized spacial score (nSPS) is 10.0. The van der Waals surface area contributed by atoms with E-state index in [1.54, 1.807) is 13.2 Å². The van der Waals surface area contributed by atoms with Gasteiger partial charge in [-0.3, -0.25) is 4.79 Å². The topological polar surface area (TPSA) is 51.5 Å². The maximum Gasteiger partial charge on any atom is 0.254 e. The Bertz CT molecular complexity index is 285. The molecule has 0 fully saturated rings. The third kappa shape index (κ3) is 3.20. The maximum atomic E-state index is 11.3. The predicted molar refractivity (Wildman–Crippen MR) is 50.6 cm³/mol. The molecule has 72 valence electrons. The lowest BCUT2D eigenvalue weighted by Gasteiger charge is -2.00. The lowest BCUT2D eigenvalue weighted by Crippen LogP contribution is -2.26. The van der Waals surface area contributed by atoms with Crippen LogP contribution in [-0.4, -0.2) is 26.2 Å². The average molecular weight is 248 g/mol. The Morgan fingerprint density at radius 1 is 1.77 bits per heavy atom. The molecule has 0 saturated heterocycles. The molecule has 5 heteroatoms. The Kier molecular flexibility index (Phi) is 3.98. The first kappa shape index (κ1) is 10.3. The van der Waals surface area contributed by atoms with Crippen LogP contribution in [0.15, 0.2) is 21.4 Å². The fourth-order valence-corrected chi connectivity index (χ4v) is 1.14. The molecule has 0 aliphatic rings. The minimum absolute atomic E-state index is 0.161. The largest absolute Gasteiger partial charge is 0.457 e. The second-order valence-electron chi connectivity index (χ2n) is 2.39. The lowest BCUT2D eigenvalue weighted by atomic mass is 10.3. The molecule has 1 amide bonds. The van der Waals surface area contributed by atoms with E-state index in [1.165, 1.54) is 6.26 Å². The van der Waals surface area contributed by atoms with Gasteiger partial charge in [-0.05, 0) is 15.9 Å². The second-order valence-corrected chi connectivity index (χ2v) is 3.17. The van der Waals surface area contributed by atoms with E-state index in [9.17, 15) is 4.79 Å². The van der Waals surface area contributed by atoms with Gasteiger partial charge in [0.1, 0.15) is 6.26 Å². The summed E-state index contributed by atoms with van der Waals surface area (Å²) in [6.07, 6.45) is 1.40. The first-order valence-corrected chi connectivity index (χ1v) is 4.54. The van der Waals surface area contributed by atoms with E-state index < -0.39 is 0 Å². The molecule has 1 aromatic heterocycles. The molecule has 0 bridgehead atoms. The predicted octanol–water partition coefficient (Wildman–Crippen LogP) is 1.42. The number of methoxy groups -OCH3 is 1. The Balaban J connectivity index is 2.40. The van der Waals surface area contributed by atoms with Crippen LogP contribution >= 0.6 is 15.9 Å². The van der Waals surface area contributed by atoms with E-state index in [2.05, 4.69) is 21.2 Å². The zero-order valence-electron chi connectivity index (χ0n) is 7.17.